The molecule has 0 saturated carbocycles. The molecule has 1 fully saturated rings. The molecule has 0 spiro atoms. The van der Waals surface area contributed by atoms with Crippen LogP contribution in [0.4, 0.5) is 0 Å². The van der Waals surface area contributed by atoms with E-state index >= 15 is 0 Å². The third-order valence-corrected chi connectivity index (χ3v) is 8.38. The van der Waals surface area contributed by atoms with E-state index in [1.165, 1.54) is 0 Å². The topological polar surface area (TPSA) is 107 Å². The highest BCUT2D eigenvalue weighted by Gasteiger charge is 2.48. The smallest absolute Gasteiger partial charge is 0.309 e. The summed E-state index contributed by atoms with van der Waals surface area (Å²) >= 11 is 0. The van der Waals surface area contributed by atoms with Crippen LogP contribution in [-0.2, 0) is 14.3 Å². The quantitative estimate of drug-likeness (QED) is 0.240. The maximum atomic E-state index is 13.8. The maximum absolute atomic E-state index is 13.8. The van der Waals surface area contributed by atoms with Gasteiger partial charge in [-0.15, -0.1) is 0 Å². The Labute approximate surface area is 265 Å². The van der Waals surface area contributed by atoms with E-state index in [0.717, 1.165) is 16.7 Å². The fraction of sp³-hybridized carbons (Fsp3) is 0.444. The number of carboxylic acid groups (broad SMARTS) is 1. The van der Waals surface area contributed by atoms with Crippen LogP contribution >= 0.6 is 0 Å². The fourth-order valence-electron chi connectivity index (χ4n) is 6.31. The normalized spacial score (nSPS) is 20.3. The molecule has 1 saturated heterocycles. The van der Waals surface area contributed by atoms with E-state index in [1.54, 1.807) is 0 Å². The van der Waals surface area contributed by atoms with Gasteiger partial charge in [-0.1, -0.05) is 69.3 Å². The second-order valence-corrected chi connectivity index (χ2v) is 13.1. The summed E-state index contributed by atoms with van der Waals surface area (Å²) in [5.41, 5.74) is 2.42. The Morgan fingerprint density at radius 1 is 0.956 bits per heavy atom. The third kappa shape index (κ3) is 7.78. The zero-order valence-electron chi connectivity index (χ0n) is 26.7. The molecule has 0 bridgehead atoms. The van der Waals surface area contributed by atoms with Crippen molar-refractivity contribution in [3.05, 3.63) is 89.5 Å². The van der Waals surface area contributed by atoms with Crippen LogP contribution in [0.25, 0.3) is 0 Å². The van der Waals surface area contributed by atoms with E-state index in [2.05, 4.69) is 26.1 Å². The molecule has 45 heavy (non-hydrogen) atoms. The number of nitrogens with one attached hydrogen (secondary N) is 1. The monoisotopic (exact) mass is 616 g/mol. The Hall–Kier alpha value is -4.08. The van der Waals surface area contributed by atoms with Gasteiger partial charge in [0.15, 0.2) is 11.5 Å². The summed E-state index contributed by atoms with van der Waals surface area (Å²) in [6.45, 7) is 11.7. The van der Waals surface area contributed by atoms with Gasteiger partial charge in [0.25, 0.3) is 0 Å². The van der Waals surface area contributed by atoms with Crippen molar-refractivity contribution in [3.8, 4) is 17.2 Å². The molecule has 1 unspecified atom stereocenters. The number of ether oxygens (including phenoxy) is 4. The summed E-state index contributed by atoms with van der Waals surface area (Å²) in [4.78, 5) is 28.7. The largest absolute Gasteiger partial charge is 0.491 e. The number of benzene rings is 3. The lowest BCUT2D eigenvalue weighted by Crippen LogP contribution is -2.43. The van der Waals surface area contributed by atoms with Crippen molar-refractivity contribution in [2.45, 2.75) is 58.7 Å². The van der Waals surface area contributed by atoms with Crippen molar-refractivity contribution in [3.63, 3.8) is 0 Å². The Morgan fingerprint density at radius 2 is 1.64 bits per heavy atom. The summed E-state index contributed by atoms with van der Waals surface area (Å²) in [6.07, 6.45) is 0.124. The maximum Gasteiger partial charge on any atom is 0.309 e. The van der Waals surface area contributed by atoms with Gasteiger partial charge in [0.1, 0.15) is 12.4 Å². The van der Waals surface area contributed by atoms with Crippen molar-refractivity contribution < 1.29 is 33.6 Å². The van der Waals surface area contributed by atoms with Crippen LogP contribution in [-0.4, -0.2) is 61.1 Å². The van der Waals surface area contributed by atoms with Crippen LogP contribution in [0.2, 0.25) is 0 Å². The van der Waals surface area contributed by atoms with Gasteiger partial charge in [-0.3, -0.25) is 14.5 Å². The van der Waals surface area contributed by atoms with Gasteiger partial charge in [0.05, 0.1) is 31.2 Å². The molecule has 2 heterocycles. The number of hydrogen-bond acceptors (Lipinski definition) is 7. The van der Waals surface area contributed by atoms with Crippen molar-refractivity contribution >= 4 is 11.9 Å². The molecule has 1 amide bonds. The molecule has 5 rings (SSSR count). The summed E-state index contributed by atoms with van der Waals surface area (Å²) in [6, 6.07) is 22.2. The summed E-state index contributed by atoms with van der Waals surface area (Å²) in [5.74, 6) is -0.368. The highest BCUT2D eigenvalue weighted by Crippen LogP contribution is 2.48. The van der Waals surface area contributed by atoms with Crippen molar-refractivity contribution in [1.29, 1.82) is 0 Å². The first-order valence-corrected chi connectivity index (χ1v) is 15.6. The number of nitrogens with zero attached hydrogens (tertiary/aromatic N) is 1. The average molecular weight is 617 g/mol. The van der Waals surface area contributed by atoms with Gasteiger partial charge in [0, 0.05) is 18.5 Å². The van der Waals surface area contributed by atoms with E-state index < -0.39 is 17.9 Å². The summed E-state index contributed by atoms with van der Waals surface area (Å²) in [5, 5.41) is 13.9. The lowest BCUT2D eigenvalue weighted by molar-refractivity contribution is -0.143. The first-order valence-electron chi connectivity index (χ1n) is 15.6. The lowest BCUT2D eigenvalue weighted by atomic mass is 9.82. The molecule has 2 aliphatic heterocycles. The van der Waals surface area contributed by atoms with Crippen LogP contribution in [0.5, 0.6) is 17.2 Å². The summed E-state index contributed by atoms with van der Waals surface area (Å²) < 4.78 is 22.5. The fourth-order valence-corrected chi connectivity index (χ4v) is 6.31. The number of likely N-dealkylation sites (tertiary alicyclic amines) is 1. The number of carbonyl (C=O) groups is 2. The number of carboxylic acids is 1. The van der Waals surface area contributed by atoms with Crippen LogP contribution in [0.3, 0.4) is 0 Å². The van der Waals surface area contributed by atoms with Gasteiger partial charge in [-0.25, -0.2) is 0 Å². The molecule has 9 heteroatoms. The molecule has 2 N–H and O–H groups in total. The van der Waals surface area contributed by atoms with Crippen molar-refractivity contribution in [2.24, 2.45) is 11.3 Å². The Morgan fingerprint density at radius 3 is 2.31 bits per heavy atom. The first kappa shape index (κ1) is 32.3. The van der Waals surface area contributed by atoms with Crippen LogP contribution in [0.1, 0.15) is 69.3 Å². The Kier molecular flexibility index (Phi) is 9.99. The molecule has 240 valence electrons. The molecule has 2 aliphatic rings. The third-order valence-electron chi connectivity index (χ3n) is 8.38. The van der Waals surface area contributed by atoms with Crippen LogP contribution in [0, 0.1) is 11.3 Å². The van der Waals surface area contributed by atoms with Crippen LogP contribution < -0.4 is 19.5 Å². The number of hydrogen-bond donors (Lipinski definition) is 2. The predicted molar refractivity (Wildman–Crippen MR) is 171 cm³/mol. The minimum Gasteiger partial charge on any atom is -0.491 e. The zero-order valence-corrected chi connectivity index (χ0v) is 26.7. The van der Waals surface area contributed by atoms with Gasteiger partial charge in [-0.05, 0) is 60.2 Å². The van der Waals surface area contributed by atoms with E-state index in [9.17, 15) is 14.7 Å². The zero-order chi connectivity index (χ0) is 32.1. The molecule has 0 radical (unpaired) electrons. The Bertz CT molecular complexity index is 1450. The number of aliphatic carboxylic acids is 1. The SMILES string of the molecule is CC(C)OCCOc1ccc([C@@H]2[C@@H](C(=O)O)[C@H](c3ccc4c(c3)OCO4)CN2CC(=O)NC(c2ccccc2)C(C)(C)C)cc1. The molecule has 0 aromatic heterocycles. The molecule has 4 atom stereocenters. The Balaban J connectivity index is 1.42. The highest BCUT2D eigenvalue weighted by molar-refractivity contribution is 5.79. The standard InChI is InChI=1S/C36H44N2O7/c1-23(2)42-17-18-43-27-14-11-24(12-15-27)33-32(35(40)41)28(26-13-16-29-30(19-26)45-22-44-29)20-38(33)21-31(39)37-34(36(3,4)5)25-9-7-6-8-10-25/h6-16,19,23,28,32-34H,17-18,20-22H2,1-5H3,(H,37,39)(H,40,41)/t28-,32-,33+,34?/m0/s1. The second-order valence-electron chi connectivity index (χ2n) is 13.1. The number of fused-ring (bicyclic) bond motifs is 1. The van der Waals surface area contributed by atoms with Crippen molar-refractivity contribution in [2.75, 3.05) is 33.1 Å². The molecular weight excluding hydrogens is 572 g/mol. The molecule has 3 aromatic rings. The summed E-state index contributed by atoms with van der Waals surface area (Å²) in [7, 11) is 0. The number of amides is 1. The first-order chi connectivity index (χ1) is 21.5. The van der Waals surface area contributed by atoms with Gasteiger partial charge >= 0.3 is 5.97 Å². The molecule has 3 aromatic carbocycles. The van der Waals surface area contributed by atoms with E-state index in [1.807, 2.05) is 91.5 Å². The van der Waals surface area contributed by atoms with Gasteiger partial charge in [0.2, 0.25) is 12.7 Å². The van der Waals surface area contributed by atoms with Crippen LogP contribution in [0.15, 0.2) is 72.8 Å². The number of rotatable bonds is 12. The predicted octanol–water partition coefficient (Wildman–Crippen LogP) is 5.96. The molecule has 0 aliphatic carbocycles. The van der Waals surface area contributed by atoms with Gasteiger partial charge < -0.3 is 29.4 Å². The van der Waals surface area contributed by atoms with Crippen molar-refractivity contribution in [1.82, 2.24) is 10.2 Å². The van der Waals surface area contributed by atoms with E-state index in [-0.39, 0.29) is 42.7 Å². The minimum absolute atomic E-state index is 0.0414. The molecular formula is C36H44N2O7. The van der Waals surface area contributed by atoms with E-state index in [0.29, 0.717) is 37.0 Å². The average Bonchev–Trinajstić information content (AvgIpc) is 3.63. The van der Waals surface area contributed by atoms with E-state index in [4.69, 9.17) is 18.9 Å². The van der Waals surface area contributed by atoms with Gasteiger partial charge in [-0.2, -0.15) is 0 Å². The minimum atomic E-state index is -0.923. The second kappa shape index (κ2) is 13.9. The number of carbonyl (C=O) groups excluding carboxylic acids is 1. The lowest BCUT2D eigenvalue weighted by Gasteiger charge is -2.33. The molecule has 9 nitrogen and oxygen atoms in total. The highest BCUT2D eigenvalue weighted by atomic mass is 16.7.